The molecule has 1 unspecified atom stereocenters. The quantitative estimate of drug-likeness (QED) is 0.861. The van der Waals surface area contributed by atoms with Gasteiger partial charge in [0.2, 0.25) is 11.8 Å². The van der Waals surface area contributed by atoms with E-state index in [1.54, 1.807) is 11.1 Å². The molecule has 6 nitrogen and oxygen atoms in total. The van der Waals surface area contributed by atoms with Crippen molar-refractivity contribution in [2.45, 2.75) is 20.3 Å². The van der Waals surface area contributed by atoms with Crippen molar-refractivity contribution in [1.82, 2.24) is 4.98 Å². The fraction of sp³-hybridized carbons (Fsp3) is 0.500. The third-order valence-corrected chi connectivity index (χ3v) is 3.66. The maximum Gasteiger partial charge on any atom is 0.227 e. The zero-order valence-corrected chi connectivity index (χ0v) is 11.9. The molecule has 2 heterocycles. The first-order chi connectivity index (χ1) is 9.56. The predicted octanol–water partition coefficient (Wildman–Crippen LogP) is 0.766. The first-order valence-corrected chi connectivity index (χ1v) is 6.87. The highest BCUT2D eigenvalue weighted by molar-refractivity contribution is 5.99. The Hall–Kier alpha value is -2.11. The van der Waals surface area contributed by atoms with Crippen LogP contribution in [0.2, 0.25) is 0 Å². The summed E-state index contributed by atoms with van der Waals surface area (Å²) >= 11 is 0. The summed E-state index contributed by atoms with van der Waals surface area (Å²) in [4.78, 5) is 31.2. The Morgan fingerprint density at radius 2 is 2.15 bits per heavy atom. The maximum atomic E-state index is 11.9. The van der Waals surface area contributed by atoms with Gasteiger partial charge < -0.3 is 15.5 Å². The van der Waals surface area contributed by atoms with E-state index in [-0.39, 0.29) is 12.3 Å². The van der Waals surface area contributed by atoms with Gasteiger partial charge >= 0.3 is 0 Å². The third kappa shape index (κ3) is 2.74. The number of nitrogens with two attached hydrogens (primary N) is 1. The second-order valence-corrected chi connectivity index (χ2v) is 4.85. The van der Waals surface area contributed by atoms with Gasteiger partial charge in [-0.05, 0) is 26.0 Å². The van der Waals surface area contributed by atoms with Crippen molar-refractivity contribution in [3.05, 3.63) is 18.3 Å². The molecule has 0 bridgehead atoms. The Kier molecular flexibility index (Phi) is 4.22. The smallest absolute Gasteiger partial charge is 0.227 e. The topological polar surface area (TPSA) is 79.5 Å². The molecule has 2 N–H and O–H groups in total. The van der Waals surface area contributed by atoms with E-state index in [9.17, 15) is 9.59 Å². The molecule has 1 aromatic heterocycles. The monoisotopic (exact) mass is 276 g/mol. The highest BCUT2D eigenvalue weighted by Crippen LogP contribution is 2.25. The van der Waals surface area contributed by atoms with Crippen molar-refractivity contribution >= 4 is 23.3 Å². The first-order valence-electron chi connectivity index (χ1n) is 6.87. The predicted molar refractivity (Wildman–Crippen MR) is 77.5 cm³/mol. The zero-order chi connectivity index (χ0) is 14.7. The van der Waals surface area contributed by atoms with E-state index in [1.165, 1.54) is 0 Å². The maximum absolute atomic E-state index is 11.9. The van der Waals surface area contributed by atoms with Crippen LogP contribution < -0.4 is 15.5 Å². The van der Waals surface area contributed by atoms with E-state index in [1.807, 2.05) is 12.1 Å². The molecule has 6 heteroatoms. The Bertz CT molecular complexity index is 496. The third-order valence-electron chi connectivity index (χ3n) is 3.66. The largest absolute Gasteiger partial charge is 0.369 e. The molecule has 20 heavy (non-hydrogen) atoms. The van der Waals surface area contributed by atoms with Crippen LogP contribution in [-0.4, -0.2) is 36.4 Å². The zero-order valence-electron chi connectivity index (χ0n) is 11.9. The van der Waals surface area contributed by atoms with Gasteiger partial charge in [-0.1, -0.05) is 0 Å². The fourth-order valence-electron chi connectivity index (χ4n) is 2.42. The van der Waals surface area contributed by atoms with Crippen molar-refractivity contribution in [3.8, 4) is 0 Å². The van der Waals surface area contributed by atoms with Gasteiger partial charge in [0.25, 0.3) is 0 Å². The number of primary amides is 1. The minimum absolute atomic E-state index is 0.0776. The fourth-order valence-corrected chi connectivity index (χ4v) is 2.42. The number of amides is 2. The number of rotatable bonds is 5. The van der Waals surface area contributed by atoms with Crippen molar-refractivity contribution in [2.24, 2.45) is 11.7 Å². The van der Waals surface area contributed by atoms with Crippen LogP contribution in [0.5, 0.6) is 0 Å². The molecule has 2 amide bonds. The summed E-state index contributed by atoms with van der Waals surface area (Å²) in [6.45, 7) is 6.26. The Balaban J connectivity index is 2.14. The van der Waals surface area contributed by atoms with Crippen LogP contribution in [0, 0.1) is 5.92 Å². The molecule has 1 fully saturated rings. The SMILES string of the molecule is CCN(CC)c1ccc(N2CC(C(N)=O)CC2=O)cn1. The van der Waals surface area contributed by atoms with Gasteiger partial charge in [0, 0.05) is 26.1 Å². The van der Waals surface area contributed by atoms with E-state index in [0.717, 1.165) is 24.6 Å². The molecule has 1 saturated heterocycles. The van der Waals surface area contributed by atoms with Gasteiger partial charge in [-0.15, -0.1) is 0 Å². The summed E-state index contributed by atoms with van der Waals surface area (Å²) in [6, 6.07) is 3.76. The van der Waals surface area contributed by atoms with Crippen LogP contribution in [0.4, 0.5) is 11.5 Å². The molecule has 1 aromatic rings. The Morgan fingerprint density at radius 3 is 2.60 bits per heavy atom. The number of pyridine rings is 1. The minimum atomic E-state index is -0.423. The lowest BCUT2D eigenvalue weighted by molar-refractivity contribution is -0.123. The second-order valence-electron chi connectivity index (χ2n) is 4.85. The van der Waals surface area contributed by atoms with Crippen LogP contribution >= 0.6 is 0 Å². The summed E-state index contributed by atoms with van der Waals surface area (Å²) in [5.74, 6) is -0.0124. The van der Waals surface area contributed by atoms with Gasteiger partial charge in [0.1, 0.15) is 5.82 Å². The highest BCUT2D eigenvalue weighted by Gasteiger charge is 2.34. The normalized spacial score (nSPS) is 18.4. The molecule has 0 saturated carbocycles. The Labute approximate surface area is 118 Å². The lowest BCUT2D eigenvalue weighted by Crippen LogP contribution is -2.28. The second kappa shape index (κ2) is 5.90. The molecule has 0 aliphatic carbocycles. The lowest BCUT2D eigenvalue weighted by atomic mass is 10.1. The summed E-state index contributed by atoms with van der Waals surface area (Å²) in [5, 5.41) is 0. The Morgan fingerprint density at radius 1 is 1.45 bits per heavy atom. The molecule has 1 aliphatic heterocycles. The van der Waals surface area contributed by atoms with Crippen LogP contribution in [0.1, 0.15) is 20.3 Å². The highest BCUT2D eigenvalue weighted by atomic mass is 16.2. The van der Waals surface area contributed by atoms with Crippen LogP contribution in [-0.2, 0) is 9.59 Å². The van der Waals surface area contributed by atoms with Crippen molar-refractivity contribution in [3.63, 3.8) is 0 Å². The summed E-state index contributed by atoms with van der Waals surface area (Å²) in [7, 11) is 0. The number of carbonyl (C=O) groups is 2. The number of aromatic nitrogens is 1. The molecular weight excluding hydrogens is 256 g/mol. The standard InChI is InChI=1S/C14H20N4O2/c1-3-17(4-2)12-6-5-11(8-16-12)18-9-10(14(15)20)7-13(18)19/h5-6,8,10H,3-4,7,9H2,1-2H3,(H2,15,20). The number of hydrogen-bond donors (Lipinski definition) is 1. The number of hydrogen-bond acceptors (Lipinski definition) is 4. The van der Waals surface area contributed by atoms with Crippen LogP contribution in [0.3, 0.4) is 0 Å². The molecule has 108 valence electrons. The van der Waals surface area contributed by atoms with Crippen molar-refractivity contribution in [1.29, 1.82) is 0 Å². The van der Waals surface area contributed by atoms with Crippen LogP contribution in [0.15, 0.2) is 18.3 Å². The van der Waals surface area contributed by atoms with Gasteiger partial charge in [0.05, 0.1) is 17.8 Å². The average Bonchev–Trinajstić information content (AvgIpc) is 2.83. The van der Waals surface area contributed by atoms with E-state index in [4.69, 9.17) is 5.73 Å². The molecule has 0 aromatic carbocycles. The molecule has 1 aliphatic rings. The van der Waals surface area contributed by atoms with Crippen LogP contribution in [0.25, 0.3) is 0 Å². The number of nitrogens with zero attached hydrogens (tertiary/aromatic N) is 3. The lowest BCUT2D eigenvalue weighted by Gasteiger charge is -2.21. The molecule has 2 rings (SSSR count). The van der Waals surface area contributed by atoms with E-state index in [0.29, 0.717) is 6.54 Å². The first kappa shape index (κ1) is 14.3. The van der Waals surface area contributed by atoms with Gasteiger partial charge in [-0.3, -0.25) is 9.59 Å². The van der Waals surface area contributed by atoms with Crippen molar-refractivity contribution < 1.29 is 9.59 Å². The van der Waals surface area contributed by atoms with Gasteiger partial charge in [-0.25, -0.2) is 4.98 Å². The molecule has 0 spiro atoms. The molecular formula is C14H20N4O2. The summed E-state index contributed by atoms with van der Waals surface area (Å²) < 4.78 is 0. The average molecular weight is 276 g/mol. The molecule has 0 radical (unpaired) electrons. The van der Waals surface area contributed by atoms with E-state index < -0.39 is 11.8 Å². The van der Waals surface area contributed by atoms with Gasteiger partial charge in [-0.2, -0.15) is 0 Å². The number of carbonyl (C=O) groups excluding carboxylic acids is 2. The van der Waals surface area contributed by atoms with E-state index >= 15 is 0 Å². The molecule has 1 atom stereocenters. The minimum Gasteiger partial charge on any atom is -0.369 e. The van der Waals surface area contributed by atoms with E-state index in [2.05, 4.69) is 23.7 Å². The summed E-state index contributed by atoms with van der Waals surface area (Å²) in [5.41, 5.74) is 5.98. The summed E-state index contributed by atoms with van der Waals surface area (Å²) in [6.07, 6.45) is 1.86. The van der Waals surface area contributed by atoms with Crippen molar-refractivity contribution in [2.75, 3.05) is 29.4 Å². The van der Waals surface area contributed by atoms with Gasteiger partial charge in [0.15, 0.2) is 0 Å². The number of anilines is 2.